The Balaban J connectivity index is 2.23. The molecule has 1 heterocycles. The molecule has 0 saturated heterocycles. The van der Waals surface area contributed by atoms with Crippen LogP contribution in [-0.4, -0.2) is 37.6 Å². The number of phenolic OH excluding ortho intramolecular Hbond substituents is 1. The Kier molecular flexibility index (Phi) is 6.29. The molecule has 0 radical (unpaired) electrons. The van der Waals surface area contributed by atoms with Gasteiger partial charge in [-0.3, -0.25) is 0 Å². The fourth-order valence-corrected chi connectivity index (χ4v) is 2.87. The summed E-state index contributed by atoms with van der Waals surface area (Å²) in [7, 11) is 1.39. The molecule has 30 heavy (non-hydrogen) atoms. The number of phenols is 1. The van der Waals surface area contributed by atoms with Gasteiger partial charge in [-0.05, 0) is 41.8 Å². The van der Waals surface area contributed by atoms with E-state index in [1.54, 1.807) is 12.1 Å². The molecule has 0 spiro atoms. The smallest absolute Gasteiger partial charge is 0.502 e. The molecular formula is C21H19F3N2O4. The number of hydrogen-bond acceptors (Lipinski definition) is 6. The largest absolute Gasteiger partial charge is 0.573 e. The summed E-state index contributed by atoms with van der Waals surface area (Å²) < 4.78 is 53.1. The van der Waals surface area contributed by atoms with E-state index in [0.29, 0.717) is 28.9 Å². The van der Waals surface area contributed by atoms with Gasteiger partial charge in [0.25, 0.3) is 0 Å². The maximum absolute atomic E-state index is 12.7. The molecule has 9 heteroatoms. The molecule has 2 aromatic rings. The molecule has 3 rings (SSSR count). The van der Waals surface area contributed by atoms with Gasteiger partial charge < -0.3 is 19.3 Å². The number of nitrogens with zero attached hydrogens (tertiary/aromatic N) is 2. The van der Waals surface area contributed by atoms with E-state index in [0.717, 1.165) is 0 Å². The Morgan fingerprint density at radius 2 is 1.87 bits per heavy atom. The molecule has 1 aliphatic heterocycles. The van der Waals surface area contributed by atoms with E-state index in [-0.39, 0.29) is 23.9 Å². The van der Waals surface area contributed by atoms with Crippen LogP contribution in [0.25, 0.3) is 17.2 Å². The van der Waals surface area contributed by atoms with Gasteiger partial charge in [0.2, 0.25) is 5.75 Å². The van der Waals surface area contributed by atoms with Crippen LogP contribution in [0.5, 0.6) is 23.0 Å². The van der Waals surface area contributed by atoms with Crippen LogP contribution in [0.2, 0.25) is 0 Å². The van der Waals surface area contributed by atoms with Gasteiger partial charge in [-0.15, -0.1) is 13.2 Å². The van der Waals surface area contributed by atoms with Crippen LogP contribution in [0.15, 0.2) is 46.1 Å². The molecule has 0 fully saturated rings. The summed E-state index contributed by atoms with van der Waals surface area (Å²) >= 11 is 0. The minimum Gasteiger partial charge on any atom is -0.502 e. The third-order valence-electron chi connectivity index (χ3n) is 4.04. The summed E-state index contributed by atoms with van der Waals surface area (Å²) in [6.07, 6.45) is 0.455. The average Bonchev–Trinajstić information content (AvgIpc) is 3.19. The fraction of sp³-hybridized carbons (Fsp3) is 0.238. The molecular weight excluding hydrogens is 401 g/mol. The number of alkyl halides is 3. The van der Waals surface area contributed by atoms with Crippen molar-refractivity contribution in [1.29, 1.82) is 0 Å². The Bertz CT molecular complexity index is 1000. The van der Waals surface area contributed by atoms with Crippen LogP contribution < -0.4 is 14.2 Å². The highest BCUT2D eigenvalue weighted by atomic mass is 19.4. The van der Waals surface area contributed by atoms with Crippen LogP contribution >= 0.6 is 0 Å². The lowest BCUT2D eigenvalue weighted by molar-refractivity contribution is -0.274. The molecule has 0 aromatic heterocycles. The quantitative estimate of drug-likeness (QED) is 0.668. The number of methoxy groups -OCH3 is 1. The van der Waals surface area contributed by atoms with Gasteiger partial charge in [0.15, 0.2) is 17.3 Å². The molecule has 0 saturated carbocycles. The summed E-state index contributed by atoms with van der Waals surface area (Å²) in [6, 6.07) is 6.96. The second kappa shape index (κ2) is 8.89. The highest BCUT2D eigenvalue weighted by molar-refractivity contribution is 6.18. The van der Waals surface area contributed by atoms with E-state index in [1.807, 2.05) is 6.92 Å². The molecule has 1 aliphatic rings. The molecule has 0 aliphatic carbocycles. The first-order chi connectivity index (χ1) is 14.3. The third kappa shape index (κ3) is 4.91. The van der Waals surface area contributed by atoms with Crippen LogP contribution in [-0.2, 0) is 0 Å². The second-order valence-corrected chi connectivity index (χ2v) is 6.20. The first-order valence-corrected chi connectivity index (χ1v) is 9.03. The SMILES string of the molecule is CCCOc1c(O)c(OC)cc(C=C2N=CC=N2)c1-c1cccc(OC(F)(F)F)c1. The lowest BCUT2D eigenvalue weighted by Gasteiger charge is -2.19. The third-order valence-corrected chi connectivity index (χ3v) is 4.04. The fourth-order valence-electron chi connectivity index (χ4n) is 2.87. The van der Waals surface area contributed by atoms with E-state index in [2.05, 4.69) is 14.7 Å². The zero-order valence-corrected chi connectivity index (χ0v) is 16.2. The Labute approximate surface area is 170 Å². The maximum Gasteiger partial charge on any atom is 0.573 e. The predicted molar refractivity (Wildman–Crippen MR) is 108 cm³/mol. The van der Waals surface area contributed by atoms with Crippen molar-refractivity contribution < 1.29 is 32.5 Å². The minimum atomic E-state index is -4.83. The van der Waals surface area contributed by atoms with Crippen molar-refractivity contribution in [3.63, 3.8) is 0 Å². The van der Waals surface area contributed by atoms with E-state index >= 15 is 0 Å². The van der Waals surface area contributed by atoms with Gasteiger partial charge in [0.05, 0.1) is 13.7 Å². The zero-order chi connectivity index (χ0) is 21.7. The van der Waals surface area contributed by atoms with Gasteiger partial charge >= 0.3 is 6.36 Å². The molecule has 0 atom stereocenters. The Morgan fingerprint density at radius 1 is 1.13 bits per heavy atom. The predicted octanol–water partition coefficient (Wildman–Crippen LogP) is 5.21. The number of halogens is 3. The van der Waals surface area contributed by atoms with Crippen molar-refractivity contribution in [1.82, 2.24) is 0 Å². The van der Waals surface area contributed by atoms with Crippen LogP contribution in [0, 0.1) is 0 Å². The highest BCUT2D eigenvalue weighted by Crippen LogP contribution is 2.47. The van der Waals surface area contributed by atoms with Gasteiger partial charge in [-0.2, -0.15) is 0 Å². The molecule has 0 amide bonds. The number of aromatic hydroxyl groups is 1. The van der Waals surface area contributed by atoms with Crippen LogP contribution in [0.3, 0.4) is 0 Å². The molecule has 2 aromatic carbocycles. The standard InChI is InChI=1S/C21H19F3N2O4/c1-3-9-29-20-18(13-5-4-6-15(10-13)30-21(22,23)24)14(11-16(28-2)19(20)27)12-17-25-7-8-26-17/h4-8,10-12,27H,3,9H2,1-2H3. The number of rotatable bonds is 7. The summed E-state index contributed by atoms with van der Waals surface area (Å²) in [4.78, 5) is 8.20. The van der Waals surface area contributed by atoms with Gasteiger partial charge in [0.1, 0.15) is 5.75 Å². The minimum absolute atomic E-state index is 0.0816. The van der Waals surface area contributed by atoms with Crippen molar-refractivity contribution in [3.8, 4) is 34.1 Å². The summed E-state index contributed by atoms with van der Waals surface area (Å²) in [5.41, 5.74) is 1.20. The summed E-state index contributed by atoms with van der Waals surface area (Å²) in [5.74, 6) is -0.0485. The van der Waals surface area contributed by atoms with Gasteiger partial charge in [-0.25, -0.2) is 9.98 Å². The lowest BCUT2D eigenvalue weighted by atomic mass is 9.96. The Hall–Kier alpha value is -3.49. The van der Waals surface area contributed by atoms with Crippen LogP contribution in [0.1, 0.15) is 18.9 Å². The van der Waals surface area contributed by atoms with Gasteiger partial charge in [-0.1, -0.05) is 19.1 Å². The summed E-state index contributed by atoms with van der Waals surface area (Å²) in [5, 5.41) is 10.7. The first-order valence-electron chi connectivity index (χ1n) is 9.03. The van der Waals surface area contributed by atoms with Crippen molar-refractivity contribution >= 4 is 18.5 Å². The highest BCUT2D eigenvalue weighted by Gasteiger charge is 2.31. The second-order valence-electron chi connectivity index (χ2n) is 6.20. The topological polar surface area (TPSA) is 72.6 Å². The number of hydrogen-bond donors (Lipinski definition) is 1. The van der Waals surface area contributed by atoms with Crippen molar-refractivity contribution in [2.75, 3.05) is 13.7 Å². The van der Waals surface area contributed by atoms with E-state index < -0.39 is 12.1 Å². The summed E-state index contributed by atoms with van der Waals surface area (Å²) in [6.45, 7) is 2.16. The number of ether oxygens (including phenoxy) is 3. The van der Waals surface area contributed by atoms with Crippen LogP contribution in [0.4, 0.5) is 13.2 Å². The molecule has 1 N–H and O–H groups in total. The van der Waals surface area contributed by atoms with E-state index in [9.17, 15) is 18.3 Å². The monoisotopic (exact) mass is 420 g/mol. The Morgan fingerprint density at radius 3 is 2.50 bits per heavy atom. The number of benzene rings is 2. The van der Waals surface area contributed by atoms with Crippen molar-refractivity contribution in [3.05, 3.63) is 41.7 Å². The lowest BCUT2D eigenvalue weighted by Crippen LogP contribution is -2.17. The number of aliphatic imine (C=N–C) groups is 2. The van der Waals surface area contributed by atoms with Gasteiger partial charge in [0, 0.05) is 18.0 Å². The van der Waals surface area contributed by atoms with Crippen molar-refractivity contribution in [2.45, 2.75) is 19.7 Å². The molecule has 6 nitrogen and oxygen atoms in total. The maximum atomic E-state index is 12.7. The van der Waals surface area contributed by atoms with E-state index in [1.165, 1.54) is 43.8 Å². The molecule has 0 unspecified atom stereocenters. The molecule has 0 bridgehead atoms. The average molecular weight is 420 g/mol. The van der Waals surface area contributed by atoms with Crippen molar-refractivity contribution in [2.24, 2.45) is 9.98 Å². The first kappa shape index (κ1) is 21.2. The molecule has 158 valence electrons. The zero-order valence-electron chi connectivity index (χ0n) is 16.2. The normalized spacial score (nSPS) is 12.9. The van der Waals surface area contributed by atoms with E-state index in [4.69, 9.17) is 9.47 Å².